The fourth-order valence-electron chi connectivity index (χ4n) is 3.93. The Morgan fingerprint density at radius 2 is 2.03 bits per heavy atom. The molecule has 1 saturated heterocycles. The lowest BCUT2D eigenvalue weighted by molar-refractivity contribution is -0.126. The second-order valence-electron chi connectivity index (χ2n) is 7.91. The van der Waals surface area contributed by atoms with E-state index < -0.39 is 0 Å². The Labute approximate surface area is 173 Å². The number of anilines is 1. The summed E-state index contributed by atoms with van der Waals surface area (Å²) in [6, 6.07) is 5.99. The zero-order chi connectivity index (χ0) is 20.8. The average Bonchev–Trinajstić information content (AvgIpc) is 2.75. The maximum atomic E-state index is 13.3. The van der Waals surface area contributed by atoms with Crippen LogP contribution in [0.1, 0.15) is 38.2 Å². The molecule has 0 saturated carbocycles. The molecule has 0 spiro atoms. The number of benzene rings is 1. The molecular formula is C22H33N3O4. The average molecular weight is 404 g/mol. The smallest absolute Gasteiger partial charge is 0.324 e. The summed E-state index contributed by atoms with van der Waals surface area (Å²) in [4.78, 5) is 29.4. The first-order valence-corrected chi connectivity index (χ1v) is 10.6. The van der Waals surface area contributed by atoms with Crippen molar-refractivity contribution in [3.05, 3.63) is 23.8 Å². The Morgan fingerprint density at radius 1 is 1.28 bits per heavy atom. The molecule has 1 unspecified atom stereocenters. The third-order valence-electron chi connectivity index (χ3n) is 5.73. The summed E-state index contributed by atoms with van der Waals surface area (Å²) in [6.07, 6.45) is 3.06. The number of fused-ring (bicyclic) bond motifs is 1. The highest BCUT2D eigenvalue weighted by molar-refractivity contribution is 5.94. The molecule has 1 aromatic rings. The number of methoxy groups -OCH3 is 1. The van der Waals surface area contributed by atoms with E-state index in [0.717, 1.165) is 29.8 Å². The lowest BCUT2D eigenvalue weighted by Gasteiger charge is -2.39. The second kappa shape index (κ2) is 9.96. The minimum Gasteiger partial charge on any atom is -0.486 e. The molecule has 0 radical (unpaired) electrons. The Kier molecular flexibility index (Phi) is 7.36. The van der Waals surface area contributed by atoms with Gasteiger partial charge in [0.05, 0.1) is 12.2 Å². The molecule has 1 aromatic carbocycles. The third kappa shape index (κ3) is 5.21. The minimum absolute atomic E-state index is 0.00423. The normalized spacial score (nSPS) is 19.5. The van der Waals surface area contributed by atoms with Gasteiger partial charge in [-0.3, -0.25) is 9.69 Å². The first-order chi connectivity index (χ1) is 14.0. The molecule has 29 heavy (non-hydrogen) atoms. The van der Waals surface area contributed by atoms with Gasteiger partial charge in [0.2, 0.25) is 5.91 Å². The van der Waals surface area contributed by atoms with Gasteiger partial charge in [0.25, 0.3) is 0 Å². The zero-order valence-electron chi connectivity index (χ0n) is 17.8. The number of amides is 3. The van der Waals surface area contributed by atoms with E-state index >= 15 is 0 Å². The van der Waals surface area contributed by atoms with Gasteiger partial charge in [-0.05, 0) is 50.3 Å². The number of nitrogens with zero attached hydrogens (tertiary/aromatic N) is 2. The van der Waals surface area contributed by atoms with E-state index in [-0.39, 0.29) is 24.0 Å². The van der Waals surface area contributed by atoms with Gasteiger partial charge in [0, 0.05) is 39.3 Å². The molecule has 3 amide bonds. The summed E-state index contributed by atoms with van der Waals surface area (Å²) in [5.41, 5.74) is 1.95. The van der Waals surface area contributed by atoms with Crippen LogP contribution < -0.4 is 15.0 Å². The molecule has 0 aromatic heterocycles. The molecule has 160 valence electrons. The SMILES string of the molecule is CCC1CN(C(=O)N2CCC(C(=O)NCCCOC)CC2)c2cc(C)ccc2O1. The monoisotopic (exact) mass is 403 g/mol. The van der Waals surface area contributed by atoms with E-state index in [2.05, 4.69) is 12.2 Å². The topological polar surface area (TPSA) is 71.1 Å². The molecule has 7 nitrogen and oxygen atoms in total. The van der Waals surface area contributed by atoms with Crippen LogP contribution in [0.2, 0.25) is 0 Å². The van der Waals surface area contributed by atoms with Crippen LogP contribution in [-0.4, -0.2) is 62.8 Å². The number of piperidine rings is 1. The fourth-order valence-corrected chi connectivity index (χ4v) is 3.93. The van der Waals surface area contributed by atoms with Gasteiger partial charge in [-0.25, -0.2) is 4.79 Å². The number of likely N-dealkylation sites (tertiary alicyclic amines) is 1. The van der Waals surface area contributed by atoms with E-state index in [9.17, 15) is 9.59 Å². The van der Waals surface area contributed by atoms with Gasteiger partial charge in [0.1, 0.15) is 11.9 Å². The number of aryl methyl sites for hydroxylation is 1. The summed E-state index contributed by atoms with van der Waals surface area (Å²) in [5, 5.41) is 2.98. The summed E-state index contributed by atoms with van der Waals surface area (Å²) in [7, 11) is 1.66. The molecule has 1 fully saturated rings. The minimum atomic E-state index is -0.0239. The molecule has 3 rings (SSSR count). The molecule has 2 heterocycles. The van der Waals surface area contributed by atoms with Crippen molar-refractivity contribution in [2.24, 2.45) is 5.92 Å². The van der Waals surface area contributed by atoms with Crippen LogP contribution in [0.15, 0.2) is 18.2 Å². The Bertz CT molecular complexity index is 716. The number of nitrogens with one attached hydrogen (secondary N) is 1. The number of rotatable bonds is 6. The van der Waals surface area contributed by atoms with E-state index in [0.29, 0.717) is 45.6 Å². The lowest BCUT2D eigenvalue weighted by Crippen LogP contribution is -2.52. The van der Waals surface area contributed by atoms with Crippen LogP contribution in [0.3, 0.4) is 0 Å². The van der Waals surface area contributed by atoms with Crippen LogP contribution in [0.5, 0.6) is 5.75 Å². The number of carbonyl (C=O) groups is 2. The van der Waals surface area contributed by atoms with Gasteiger partial charge in [-0.1, -0.05) is 13.0 Å². The molecule has 2 aliphatic rings. The zero-order valence-corrected chi connectivity index (χ0v) is 17.8. The predicted molar refractivity (Wildman–Crippen MR) is 112 cm³/mol. The highest BCUT2D eigenvalue weighted by Crippen LogP contribution is 2.36. The first kappa shape index (κ1) is 21.4. The number of hydrogen-bond acceptors (Lipinski definition) is 4. The number of ether oxygens (including phenoxy) is 2. The third-order valence-corrected chi connectivity index (χ3v) is 5.73. The van der Waals surface area contributed by atoms with Gasteiger partial charge < -0.3 is 19.7 Å². The largest absolute Gasteiger partial charge is 0.486 e. The van der Waals surface area contributed by atoms with Gasteiger partial charge in [0.15, 0.2) is 0 Å². The molecular weight excluding hydrogens is 370 g/mol. The Hall–Kier alpha value is -2.28. The van der Waals surface area contributed by atoms with Crippen molar-refractivity contribution in [1.29, 1.82) is 0 Å². The van der Waals surface area contributed by atoms with Crippen molar-refractivity contribution in [2.45, 2.75) is 45.6 Å². The summed E-state index contributed by atoms with van der Waals surface area (Å²) in [5.74, 6) is 0.836. The van der Waals surface area contributed by atoms with Gasteiger partial charge in [-0.2, -0.15) is 0 Å². The van der Waals surface area contributed by atoms with Crippen LogP contribution in [0, 0.1) is 12.8 Å². The maximum Gasteiger partial charge on any atom is 0.324 e. The first-order valence-electron chi connectivity index (χ1n) is 10.6. The van der Waals surface area contributed by atoms with E-state index in [1.807, 2.05) is 34.9 Å². The van der Waals surface area contributed by atoms with E-state index in [1.165, 1.54) is 0 Å². The molecule has 0 bridgehead atoms. The molecule has 1 atom stereocenters. The van der Waals surface area contributed by atoms with Crippen molar-refractivity contribution >= 4 is 17.6 Å². The van der Waals surface area contributed by atoms with Gasteiger partial charge >= 0.3 is 6.03 Å². The Balaban J connectivity index is 1.59. The molecule has 7 heteroatoms. The van der Waals surface area contributed by atoms with Crippen molar-refractivity contribution in [3.63, 3.8) is 0 Å². The fraction of sp³-hybridized carbons (Fsp3) is 0.636. The number of hydrogen-bond donors (Lipinski definition) is 1. The van der Waals surface area contributed by atoms with Crippen LogP contribution in [0.4, 0.5) is 10.5 Å². The summed E-state index contributed by atoms with van der Waals surface area (Å²) in [6.45, 7) is 7.13. The van der Waals surface area contributed by atoms with Gasteiger partial charge in [-0.15, -0.1) is 0 Å². The van der Waals surface area contributed by atoms with E-state index in [1.54, 1.807) is 7.11 Å². The summed E-state index contributed by atoms with van der Waals surface area (Å²) >= 11 is 0. The van der Waals surface area contributed by atoms with Crippen LogP contribution in [0.25, 0.3) is 0 Å². The molecule has 2 aliphatic heterocycles. The van der Waals surface area contributed by atoms with Crippen molar-refractivity contribution in [1.82, 2.24) is 10.2 Å². The lowest BCUT2D eigenvalue weighted by atomic mass is 9.96. The predicted octanol–water partition coefficient (Wildman–Crippen LogP) is 2.96. The molecule has 0 aliphatic carbocycles. The highest BCUT2D eigenvalue weighted by atomic mass is 16.5. The Morgan fingerprint density at radius 3 is 2.72 bits per heavy atom. The van der Waals surface area contributed by atoms with Crippen LogP contribution in [-0.2, 0) is 9.53 Å². The van der Waals surface area contributed by atoms with Crippen LogP contribution >= 0.6 is 0 Å². The summed E-state index contributed by atoms with van der Waals surface area (Å²) < 4.78 is 11.0. The highest BCUT2D eigenvalue weighted by Gasteiger charge is 2.34. The maximum absolute atomic E-state index is 13.3. The number of carbonyl (C=O) groups excluding carboxylic acids is 2. The second-order valence-corrected chi connectivity index (χ2v) is 7.91. The standard InChI is InChI=1S/C22H33N3O4/c1-4-18-15-25(19-14-16(2)6-7-20(19)29-18)22(27)24-11-8-17(9-12-24)21(26)23-10-5-13-28-3/h6-7,14,17-18H,4-5,8-13,15H2,1-3H3,(H,23,26). The number of urea groups is 1. The van der Waals surface area contributed by atoms with E-state index in [4.69, 9.17) is 9.47 Å². The van der Waals surface area contributed by atoms with Crippen molar-refractivity contribution in [3.8, 4) is 5.75 Å². The molecule has 1 N–H and O–H groups in total. The van der Waals surface area contributed by atoms with Crippen molar-refractivity contribution < 1.29 is 19.1 Å². The van der Waals surface area contributed by atoms with Crippen molar-refractivity contribution in [2.75, 3.05) is 44.8 Å². The quantitative estimate of drug-likeness (QED) is 0.742.